The number of imide groups is 2. The highest BCUT2D eigenvalue weighted by Gasteiger charge is 2.32. The topological polar surface area (TPSA) is 87.6 Å². The summed E-state index contributed by atoms with van der Waals surface area (Å²) in [6.07, 6.45) is 3.28. The second-order valence-electron chi connectivity index (χ2n) is 4.38. The lowest BCUT2D eigenvalue weighted by Gasteiger charge is -2.16. The number of hydrogen-bond acceptors (Lipinski definition) is 4. The van der Waals surface area contributed by atoms with E-state index in [1.54, 1.807) is 0 Å². The normalized spacial score (nSPS) is 17.7. The van der Waals surface area contributed by atoms with Crippen molar-refractivity contribution < 1.29 is 14.4 Å². The van der Waals surface area contributed by atoms with Crippen LogP contribution in [0.4, 0.5) is 4.79 Å². The number of nitrogens with one attached hydrogen (secondary N) is 2. The summed E-state index contributed by atoms with van der Waals surface area (Å²) in [7, 11) is 0. The molecule has 0 radical (unpaired) electrons. The maximum atomic E-state index is 11.3. The Hall–Kier alpha value is -1.72. The minimum Gasteiger partial charge on any atom is -0.296 e. The number of nitrogens with zero attached hydrogens (tertiary/aromatic N) is 1. The molecule has 0 aromatic rings. The average molecular weight is 239 g/mol. The third-order valence-corrected chi connectivity index (χ3v) is 2.36. The summed E-state index contributed by atoms with van der Waals surface area (Å²) < 4.78 is 0. The molecule has 0 aromatic heterocycles. The standard InChI is InChI=1S/C11H17N3O3/c1-7(2)4-3-5-12-6-8-9(15)13-11(17)14-10(8)16/h6-8H,3-5H2,1-2H3,(H2,13,14,15,16,17). The number of carbonyl (C=O) groups is 3. The van der Waals surface area contributed by atoms with Gasteiger partial charge in [0.15, 0.2) is 5.92 Å². The van der Waals surface area contributed by atoms with E-state index in [1.807, 2.05) is 10.6 Å². The molecule has 0 saturated carbocycles. The Morgan fingerprint density at radius 3 is 2.35 bits per heavy atom. The van der Waals surface area contributed by atoms with Crippen molar-refractivity contribution in [3.05, 3.63) is 0 Å². The van der Waals surface area contributed by atoms with Gasteiger partial charge in [-0.2, -0.15) is 0 Å². The fourth-order valence-corrected chi connectivity index (χ4v) is 1.44. The van der Waals surface area contributed by atoms with Crippen LogP contribution in [0, 0.1) is 11.8 Å². The van der Waals surface area contributed by atoms with Gasteiger partial charge in [0.2, 0.25) is 11.8 Å². The largest absolute Gasteiger partial charge is 0.328 e. The highest BCUT2D eigenvalue weighted by Crippen LogP contribution is 2.04. The number of hydrogen-bond donors (Lipinski definition) is 2. The summed E-state index contributed by atoms with van der Waals surface area (Å²) in [5.41, 5.74) is 0. The molecule has 1 fully saturated rings. The van der Waals surface area contributed by atoms with Gasteiger partial charge in [0.25, 0.3) is 0 Å². The van der Waals surface area contributed by atoms with Crippen LogP contribution in [0.1, 0.15) is 26.7 Å². The van der Waals surface area contributed by atoms with Crippen molar-refractivity contribution >= 4 is 24.1 Å². The molecular weight excluding hydrogens is 222 g/mol. The molecule has 4 amide bonds. The second kappa shape index (κ2) is 6.12. The molecule has 6 nitrogen and oxygen atoms in total. The van der Waals surface area contributed by atoms with Crippen molar-refractivity contribution in [3.63, 3.8) is 0 Å². The molecule has 2 N–H and O–H groups in total. The van der Waals surface area contributed by atoms with E-state index >= 15 is 0 Å². The van der Waals surface area contributed by atoms with Crippen molar-refractivity contribution in [1.29, 1.82) is 0 Å². The van der Waals surface area contributed by atoms with Gasteiger partial charge >= 0.3 is 6.03 Å². The van der Waals surface area contributed by atoms with Crippen LogP contribution in [0.2, 0.25) is 0 Å². The van der Waals surface area contributed by atoms with E-state index < -0.39 is 23.8 Å². The first-order chi connectivity index (χ1) is 8.00. The van der Waals surface area contributed by atoms with Gasteiger partial charge in [-0.15, -0.1) is 0 Å². The minimum absolute atomic E-state index is 0.586. The zero-order valence-electron chi connectivity index (χ0n) is 10.0. The lowest BCUT2D eigenvalue weighted by molar-refractivity contribution is -0.132. The molecule has 0 spiro atoms. The van der Waals surface area contributed by atoms with Gasteiger partial charge in [0.05, 0.1) is 0 Å². The van der Waals surface area contributed by atoms with Crippen LogP contribution < -0.4 is 10.6 Å². The first-order valence-electron chi connectivity index (χ1n) is 5.66. The minimum atomic E-state index is -0.994. The van der Waals surface area contributed by atoms with E-state index in [4.69, 9.17) is 0 Å². The number of urea groups is 1. The molecule has 0 aromatic carbocycles. The summed E-state index contributed by atoms with van der Waals surface area (Å²) >= 11 is 0. The molecule has 1 aliphatic rings. The Morgan fingerprint density at radius 2 is 1.82 bits per heavy atom. The highest BCUT2D eigenvalue weighted by atomic mass is 16.2. The second-order valence-corrected chi connectivity index (χ2v) is 4.38. The Bertz CT molecular complexity index is 330. The van der Waals surface area contributed by atoms with Gasteiger partial charge < -0.3 is 0 Å². The van der Waals surface area contributed by atoms with Crippen LogP contribution in [0.3, 0.4) is 0 Å². The lowest BCUT2D eigenvalue weighted by Crippen LogP contribution is -2.56. The van der Waals surface area contributed by atoms with Crippen LogP contribution >= 0.6 is 0 Å². The quantitative estimate of drug-likeness (QED) is 0.415. The zero-order valence-corrected chi connectivity index (χ0v) is 10.0. The van der Waals surface area contributed by atoms with Crippen molar-refractivity contribution in [1.82, 2.24) is 10.6 Å². The monoisotopic (exact) mass is 239 g/mol. The summed E-state index contributed by atoms with van der Waals surface area (Å²) in [4.78, 5) is 37.4. The molecule has 6 heteroatoms. The summed E-state index contributed by atoms with van der Waals surface area (Å²) in [5, 5.41) is 4.04. The molecule has 0 bridgehead atoms. The van der Waals surface area contributed by atoms with Gasteiger partial charge in [-0.05, 0) is 18.8 Å². The fourth-order valence-electron chi connectivity index (χ4n) is 1.44. The van der Waals surface area contributed by atoms with Crippen LogP contribution in [0.15, 0.2) is 4.99 Å². The molecule has 1 heterocycles. The average Bonchev–Trinajstić information content (AvgIpc) is 2.20. The predicted molar refractivity (Wildman–Crippen MR) is 62.6 cm³/mol. The Balaban J connectivity index is 2.39. The van der Waals surface area contributed by atoms with Crippen LogP contribution in [-0.4, -0.2) is 30.6 Å². The van der Waals surface area contributed by atoms with Crippen molar-refractivity contribution in [2.24, 2.45) is 16.8 Å². The highest BCUT2D eigenvalue weighted by molar-refractivity contribution is 6.23. The summed E-state index contributed by atoms with van der Waals surface area (Å²) in [6, 6.07) is -0.774. The van der Waals surface area contributed by atoms with Gasteiger partial charge in [-0.3, -0.25) is 25.2 Å². The smallest absolute Gasteiger partial charge is 0.296 e. The van der Waals surface area contributed by atoms with Crippen LogP contribution in [0.25, 0.3) is 0 Å². The number of barbiturate groups is 1. The molecule has 94 valence electrons. The molecule has 17 heavy (non-hydrogen) atoms. The zero-order chi connectivity index (χ0) is 12.8. The van der Waals surface area contributed by atoms with E-state index in [2.05, 4.69) is 18.8 Å². The van der Waals surface area contributed by atoms with Crippen molar-refractivity contribution in [2.45, 2.75) is 26.7 Å². The molecule has 0 atom stereocenters. The van der Waals surface area contributed by atoms with Crippen molar-refractivity contribution in [2.75, 3.05) is 6.54 Å². The Kier molecular flexibility index (Phi) is 4.81. The van der Waals surface area contributed by atoms with Gasteiger partial charge in [-0.1, -0.05) is 13.8 Å². The van der Waals surface area contributed by atoms with E-state index in [-0.39, 0.29) is 0 Å². The Labute approximate surface area is 99.9 Å². The molecule has 1 rings (SSSR count). The Morgan fingerprint density at radius 1 is 1.24 bits per heavy atom. The maximum Gasteiger partial charge on any atom is 0.328 e. The fraction of sp³-hybridized carbons (Fsp3) is 0.636. The molecule has 1 aliphatic heterocycles. The van der Waals surface area contributed by atoms with Gasteiger partial charge in [0, 0.05) is 12.8 Å². The van der Waals surface area contributed by atoms with Crippen LogP contribution in [-0.2, 0) is 9.59 Å². The van der Waals surface area contributed by atoms with Crippen LogP contribution in [0.5, 0.6) is 0 Å². The van der Waals surface area contributed by atoms with E-state index in [1.165, 1.54) is 6.21 Å². The lowest BCUT2D eigenvalue weighted by atomic mass is 10.1. The maximum absolute atomic E-state index is 11.3. The number of aliphatic imine (C=N–C) groups is 1. The molecule has 0 aliphatic carbocycles. The molecule has 0 unspecified atom stereocenters. The van der Waals surface area contributed by atoms with E-state index in [9.17, 15) is 14.4 Å². The summed E-state index contributed by atoms with van der Waals surface area (Å²) in [6.45, 7) is 4.83. The molecular formula is C11H17N3O3. The predicted octanol–water partition coefficient (Wildman–Crippen LogP) is 0.476. The number of amides is 4. The number of carbonyl (C=O) groups excluding carboxylic acids is 3. The van der Waals surface area contributed by atoms with Gasteiger partial charge in [0.1, 0.15) is 0 Å². The third-order valence-electron chi connectivity index (χ3n) is 2.36. The number of rotatable bonds is 5. The first-order valence-corrected chi connectivity index (χ1v) is 5.66. The summed E-state index contributed by atoms with van der Waals surface area (Å²) in [5.74, 6) is -1.62. The SMILES string of the molecule is CC(C)CCCN=CC1C(=O)NC(=O)NC1=O. The van der Waals surface area contributed by atoms with Gasteiger partial charge in [-0.25, -0.2) is 4.79 Å². The van der Waals surface area contributed by atoms with E-state index in [0.29, 0.717) is 12.5 Å². The first kappa shape index (κ1) is 13.3. The van der Waals surface area contributed by atoms with Crippen molar-refractivity contribution in [3.8, 4) is 0 Å². The third kappa shape index (κ3) is 4.34. The van der Waals surface area contributed by atoms with E-state index in [0.717, 1.165) is 12.8 Å². The molecule has 1 saturated heterocycles.